The molecule has 1 aliphatic heterocycles. The molecule has 0 radical (unpaired) electrons. The van der Waals surface area contributed by atoms with Crippen LogP contribution in [0.25, 0.3) is 0 Å². The van der Waals surface area contributed by atoms with E-state index in [9.17, 15) is 5.11 Å². The van der Waals surface area contributed by atoms with Gasteiger partial charge in [0.1, 0.15) is 0 Å². The second-order valence-corrected chi connectivity index (χ2v) is 2.95. The fourth-order valence-corrected chi connectivity index (χ4v) is 1.40. The summed E-state index contributed by atoms with van der Waals surface area (Å²) in [6, 6.07) is 0. The van der Waals surface area contributed by atoms with E-state index in [2.05, 4.69) is 0 Å². The summed E-state index contributed by atoms with van der Waals surface area (Å²) in [5.74, 6) is 0.402. The quantitative estimate of drug-likeness (QED) is 0.630. The Morgan fingerprint density at radius 2 is 2.50 bits per heavy atom. The van der Waals surface area contributed by atoms with Crippen LogP contribution >= 0.6 is 0 Å². The van der Waals surface area contributed by atoms with E-state index >= 15 is 0 Å². The van der Waals surface area contributed by atoms with Gasteiger partial charge in [0.2, 0.25) is 0 Å². The fourth-order valence-electron chi connectivity index (χ4n) is 1.40. The first kappa shape index (κ1) is 8.02. The van der Waals surface area contributed by atoms with Crippen LogP contribution in [0.4, 0.5) is 0 Å². The molecule has 0 saturated carbocycles. The van der Waals surface area contributed by atoms with Gasteiger partial charge in [-0.1, -0.05) is 6.92 Å². The highest BCUT2D eigenvalue weighted by Gasteiger charge is 2.20. The van der Waals surface area contributed by atoms with Crippen LogP contribution in [-0.4, -0.2) is 24.4 Å². The Kier molecular flexibility index (Phi) is 3.16. The van der Waals surface area contributed by atoms with Crippen LogP contribution in [-0.2, 0) is 4.74 Å². The third-order valence-corrected chi connectivity index (χ3v) is 2.16. The third kappa shape index (κ3) is 1.96. The van der Waals surface area contributed by atoms with Crippen molar-refractivity contribution in [2.45, 2.75) is 32.3 Å². The third-order valence-electron chi connectivity index (χ3n) is 2.16. The van der Waals surface area contributed by atoms with Gasteiger partial charge in [-0.3, -0.25) is 0 Å². The molecule has 60 valence electrons. The molecule has 0 spiro atoms. The second-order valence-electron chi connectivity index (χ2n) is 2.95. The van der Waals surface area contributed by atoms with Crippen LogP contribution < -0.4 is 0 Å². The Bertz CT molecular complexity index is 87.3. The largest absolute Gasteiger partial charge is 0.393 e. The van der Waals surface area contributed by atoms with Crippen LogP contribution in [0.2, 0.25) is 0 Å². The molecule has 0 aromatic heterocycles. The van der Waals surface area contributed by atoms with Gasteiger partial charge in [-0.2, -0.15) is 0 Å². The molecule has 2 heteroatoms. The van der Waals surface area contributed by atoms with Crippen LogP contribution in [0, 0.1) is 5.92 Å². The van der Waals surface area contributed by atoms with Crippen LogP contribution in [0.3, 0.4) is 0 Å². The first-order chi connectivity index (χ1) is 4.84. The molecule has 0 amide bonds. The maximum absolute atomic E-state index is 9.40. The summed E-state index contributed by atoms with van der Waals surface area (Å²) >= 11 is 0. The lowest BCUT2D eigenvalue weighted by atomic mass is 9.95. The van der Waals surface area contributed by atoms with Crippen molar-refractivity contribution < 1.29 is 9.84 Å². The Balaban J connectivity index is 2.24. The summed E-state index contributed by atoms with van der Waals surface area (Å²) in [6.45, 7) is 3.65. The highest BCUT2D eigenvalue weighted by molar-refractivity contribution is 4.69. The highest BCUT2D eigenvalue weighted by atomic mass is 16.5. The van der Waals surface area contributed by atoms with E-state index in [0.29, 0.717) is 5.92 Å². The fraction of sp³-hybridized carbons (Fsp3) is 1.00. The van der Waals surface area contributed by atoms with E-state index in [1.807, 2.05) is 6.92 Å². The lowest BCUT2D eigenvalue weighted by molar-refractivity contribution is -0.00997. The SMILES string of the molecule is CC[C@@H](O)C1CCCOC1. The molecule has 1 saturated heterocycles. The molecule has 10 heavy (non-hydrogen) atoms. The van der Waals surface area contributed by atoms with Gasteiger partial charge < -0.3 is 9.84 Å². The van der Waals surface area contributed by atoms with Gasteiger partial charge in [0, 0.05) is 12.5 Å². The van der Waals surface area contributed by atoms with Crippen molar-refractivity contribution in [1.29, 1.82) is 0 Å². The van der Waals surface area contributed by atoms with Crippen molar-refractivity contribution in [3.63, 3.8) is 0 Å². The van der Waals surface area contributed by atoms with Gasteiger partial charge in [0.15, 0.2) is 0 Å². The second kappa shape index (κ2) is 3.94. The summed E-state index contributed by atoms with van der Waals surface area (Å²) in [5.41, 5.74) is 0. The topological polar surface area (TPSA) is 29.5 Å². The minimum atomic E-state index is -0.139. The molecule has 2 atom stereocenters. The summed E-state index contributed by atoms with van der Waals surface area (Å²) in [6.07, 6.45) is 2.96. The van der Waals surface area contributed by atoms with E-state index in [1.165, 1.54) is 0 Å². The molecule has 1 heterocycles. The number of aliphatic hydroxyl groups excluding tert-OH is 1. The summed E-state index contributed by atoms with van der Waals surface area (Å²) in [4.78, 5) is 0. The lowest BCUT2D eigenvalue weighted by Crippen LogP contribution is -2.28. The maximum atomic E-state index is 9.40. The zero-order valence-electron chi connectivity index (χ0n) is 6.55. The van der Waals surface area contributed by atoms with E-state index in [4.69, 9.17) is 4.74 Å². The lowest BCUT2D eigenvalue weighted by Gasteiger charge is -2.25. The number of hydrogen-bond donors (Lipinski definition) is 1. The Labute approximate surface area is 62.2 Å². The van der Waals surface area contributed by atoms with Gasteiger partial charge >= 0.3 is 0 Å². The predicted octanol–water partition coefficient (Wildman–Crippen LogP) is 1.18. The predicted molar refractivity (Wildman–Crippen MR) is 39.8 cm³/mol. The van der Waals surface area contributed by atoms with E-state index < -0.39 is 0 Å². The zero-order valence-corrected chi connectivity index (χ0v) is 6.55. The van der Waals surface area contributed by atoms with Crippen LogP contribution in [0.1, 0.15) is 26.2 Å². The molecule has 0 aromatic rings. The minimum absolute atomic E-state index is 0.139. The van der Waals surface area contributed by atoms with Crippen molar-refractivity contribution in [3.05, 3.63) is 0 Å². The molecule has 2 nitrogen and oxygen atoms in total. The maximum Gasteiger partial charge on any atom is 0.0587 e. The monoisotopic (exact) mass is 144 g/mol. The summed E-state index contributed by atoms with van der Waals surface area (Å²) in [5, 5.41) is 9.40. The highest BCUT2D eigenvalue weighted by Crippen LogP contribution is 2.18. The van der Waals surface area contributed by atoms with Crippen molar-refractivity contribution >= 4 is 0 Å². The van der Waals surface area contributed by atoms with Crippen LogP contribution in [0.15, 0.2) is 0 Å². The summed E-state index contributed by atoms with van der Waals surface area (Å²) < 4.78 is 5.25. The van der Waals surface area contributed by atoms with Crippen molar-refractivity contribution in [2.75, 3.05) is 13.2 Å². The average molecular weight is 144 g/mol. The Morgan fingerprint density at radius 1 is 1.70 bits per heavy atom. The molecule has 1 rings (SSSR count). The Hall–Kier alpha value is -0.0800. The van der Waals surface area contributed by atoms with Gasteiger partial charge in [-0.15, -0.1) is 0 Å². The molecule has 1 unspecified atom stereocenters. The van der Waals surface area contributed by atoms with Crippen molar-refractivity contribution in [1.82, 2.24) is 0 Å². The molecule has 1 N–H and O–H groups in total. The van der Waals surface area contributed by atoms with E-state index in [-0.39, 0.29) is 6.10 Å². The molecule has 1 fully saturated rings. The smallest absolute Gasteiger partial charge is 0.0587 e. The normalized spacial score (nSPS) is 30.0. The molecule has 0 bridgehead atoms. The molecular formula is C8H16O2. The summed E-state index contributed by atoms with van der Waals surface area (Å²) in [7, 11) is 0. The average Bonchev–Trinajstić information content (AvgIpc) is 2.05. The molecule has 0 aromatic carbocycles. The number of aliphatic hydroxyl groups is 1. The van der Waals surface area contributed by atoms with Gasteiger partial charge in [-0.25, -0.2) is 0 Å². The molecule has 1 aliphatic rings. The van der Waals surface area contributed by atoms with Crippen molar-refractivity contribution in [3.8, 4) is 0 Å². The zero-order chi connectivity index (χ0) is 7.40. The number of hydrogen-bond acceptors (Lipinski definition) is 2. The number of ether oxygens (including phenoxy) is 1. The van der Waals surface area contributed by atoms with Crippen LogP contribution in [0.5, 0.6) is 0 Å². The standard InChI is InChI=1S/C8H16O2/c1-2-8(9)7-4-3-5-10-6-7/h7-9H,2-6H2,1H3/t7?,8-/m1/s1. The Morgan fingerprint density at radius 3 is 3.00 bits per heavy atom. The number of rotatable bonds is 2. The molecule has 0 aliphatic carbocycles. The minimum Gasteiger partial charge on any atom is -0.393 e. The van der Waals surface area contributed by atoms with E-state index in [1.54, 1.807) is 0 Å². The van der Waals surface area contributed by atoms with E-state index in [0.717, 1.165) is 32.5 Å². The van der Waals surface area contributed by atoms with Gasteiger partial charge in [0.25, 0.3) is 0 Å². The van der Waals surface area contributed by atoms with Crippen molar-refractivity contribution in [2.24, 2.45) is 5.92 Å². The van der Waals surface area contributed by atoms with Gasteiger partial charge in [-0.05, 0) is 19.3 Å². The van der Waals surface area contributed by atoms with Gasteiger partial charge in [0.05, 0.1) is 12.7 Å². The first-order valence-corrected chi connectivity index (χ1v) is 4.10. The first-order valence-electron chi connectivity index (χ1n) is 4.10. The molecular weight excluding hydrogens is 128 g/mol.